The van der Waals surface area contributed by atoms with Crippen molar-refractivity contribution in [2.45, 2.75) is 107 Å². The molecule has 3 heteroatoms. The molecule has 2 bridgehead atoms. The second kappa shape index (κ2) is 19.1. The van der Waals surface area contributed by atoms with Gasteiger partial charge in [-0.2, -0.15) is 0 Å². The molecule has 2 N–H and O–H groups in total. The fourth-order valence-corrected chi connectivity index (χ4v) is 3.93. The molecule has 0 saturated carbocycles. The lowest BCUT2D eigenvalue weighted by molar-refractivity contribution is 0.0611. The Hall–Kier alpha value is -0.900. The molecule has 2 atom stereocenters. The maximum atomic E-state index is 9.71. The molecule has 2 aliphatic heterocycles. The largest absolute Gasteiger partial charge is 0.374 e. The first-order chi connectivity index (χ1) is 14.0. The number of rotatable bonds is 3. The number of nitrogens with zero attached hydrogens (tertiary/aromatic N) is 1. The molecule has 2 unspecified atom stereocenters. The summed E-state index contributed by atoms with van der Waals surface area (Å²) in [6.45, 7) is 24.0. The van der Waals surface area contributed by atoms with Crippen LogP contribution in [0.2, 0.25) is 0 Å². The number of aliphatic hydroxyl groups is 1. The molecule has 0 amide bonds. The van der Waals surface area contributed by atoms with Gasteiger partial charge in [0.2, 0.25) is 0 Å². The fourth-order valence-electron chi connectivity index (χ4n) is 3.93. The Bertz CT molecular complexity index is 468. The van der Waals surface area contributed by atoms with Crippen LogP contribution < -0.4 is 5.32 Å². The van der Waals surface area contributed by atoms with Crippen LogP contribution in [0.15, 0.2) is 18.2 Å². The summed E-state index contributed by atoms with van der Waals surface area (Å²) in [4.78, 5) is 2.66. The number of hydrogen-bond donors (Lipinski definition) is 2. The number of fused-ring (bicyclic) bond motifs is 2. The highest BCUT2D eigenvalue weighted by molar-refractivity contribution is 5.34. The third-order valence-electron chi connectivity index (χ3n) is 5.64. The quantitative estimate of drug-likeness (QED) is 0.536. The van der Waals surface area contributed by atoms with Gasteiger partial charge in [-0.05, 0) is 88.7 Å². The molecule has 0 radical (unpaired) electrons. The van der Waals surface area contributed by atoms with Crippen molar-refractivity contribution in [3.63, 3.8) is 0 Å². The third-order valence-corrected chi connectivity index (χ3v) is 5.64. The molecule has 29 heavy (non-hydrogen) atoms. The van der Waals surface area contributed by atoms with Crippen molar-refractivity contribution < 1.29 is 5.11 Å². The van der Waals surface area contributed by atoms with E-state index in [4.69, 9.17) is 0 Å². The smallest absolute Gasteiger partial charge is 0.131 e. The van der Waals surface area contributed by atoms with Crippen LogP contribution in [0.4, 0.5) is 0 Å². The van der Waals surface area contributed by atoms with Gasteiger partial charge in [-0.3, -0.25) is 5.32 Å². The van der Waals surface area contributed by atoms with Crippen LogP contribution in [0.25, 0.3) is 0 Å². The molecule has 2 fully saturated rings. The van der Waals surface area contributed by atoms with E-state index in [9.17, 15) is 5.11 Å². The summed E-state index contributed by atoms with van der Waals surface area (Å²) in [6.07, 6.45) is 5.36. The zero-order chi connectivity index (χ0) is 22.8. The van der Waals surface area contributed by atoms with Crippen LogP contribution in [0.5, 0.6) is 0 Å². The summed E-state index contributed by atoms with van der Waals surface area (Å²) in [6, 6.07) is 6.88. The lowest BCUT2D eigenvalue weighted by Gasteiger charge is -2.43. The monoisotopic (exact) mass is 408 g/mol. The number of aliphatic hydroxyl groups excluding tert-OH is 1. The number of aryl methyl sites for hydroxylation is 1. The topological polar surface area (TPSA) is 35.5 Å². The summed E-state index contributed by atoms with van der Waals surface area (Å²) in [5.74, 6) is 1.04. The number of piperidine rings is 2. The highest BCUT2D eigenvalue weighted by Gasteiger charge is 2.30. The van der Waals surface area contributed by atoms with E-state index in [2.05, 4.69) is 30.1 Å². The zero-order valence-corrected chi connectivity index (χ0v) is 21.3. The summed E-state index contributed by atoms with van der Waals surface area (Å²) in [5, 5.41) is 12.7. The van der Waals surface area contributed by atoms with Crippen molar-refractivity contribution in [3.05, 3.63) is 34.9 Å². The van der Waals surface area contributed by atoms with Crippen molar-refractivity contribution in [1.82, 2.24) is 10.2 Å². The van der Waals surface area contributed by atoms with Crippen LogP contribution in [-0.2, 0) is 0 Å². The highest BCUT2D eigenvalue weighted by Crippen LogP contribution is 2.31. The van der Waals surface area contributed by atoms with Crippen molar-refractivity contribution >= 4 is 0 Å². The molecule has 0 aromatic heterocycles. The Balaban J connectivity index is 0. The first-order valence-electron chi connectivity index (χ1n) is 12.3. The van der Waals surface area contributed by atoms with Gasteiger partial charge >= 0.3 is 0 Å². The second-order valence-electron chi connectivity index (χ2n) is 7.07. The van der Waals surface area contributed by atoms with Gasteiger partial charge in [0.25, 0.3) is 0 Å². The van der Waals surface area contributed by atoms with E-state index in [1.54, 1.807) is 0 Å². The Morgan fingerprint density at radius 1 is 1.00 bits per heavy atom. The molecule has 2 aliphatic rings. The summed E-state index contributed by atoms with van der Waals surface area (Å²) >= 11 is 0. The molecule has 1 aromatic carbocycles. The minimum absolute atomic E-state index is 0.537. The average Bonchev–Trinajstić information content (AvgIpc) is 2.75. The van der Waals surface area contributed by atoms with E-state index in [0.29, 0.717) is 0 Å². The Morgan fingerprint density at radius 2 is 1.52 bits per heavy atom. The number of nitrogens with one attached hydrogen (secondary N) is 1. The summed E-state index contributed by atoms with van der Waals surface area (Å²) < 4.78 is 0. The molecule has 3 rings (SSSR count). The number of benzene rings is 1. The number of hydrogen-bond acceptors (Lipinski definition) is 3. The van der Waals surface area contributed by atoms with E-state index in [1.807, 2.05) is 67.5 Å². The lowest BCUT2D eigenvalue weighted by Crippen LogP contribution is -2.47. The molecule has 0 spiro atoms. The predicted octanol–water partition coefficient (Wildman–Crippen LogP) is 6.86. The van der Waals surface area contributed by atoms with Crippen molar-refractivity contribution in [2.24, 2.45) is 5.92 Å². The normalized spacial score (nSPS) is 22.7. The second-order valence-corrected chi connectivity index (χ2v) is 7.07. The van der Waals surface area contributed by atoms with Gasteiger partial charge in [-0.1, -0.05) is 66.7 Å². The SMILES string of the molecule is CC.CC.CC.CC1C2CCCN1CCC2.CCNC(O)c1cccc(C)c1C. The highest BCUT2D eigenvalue weighted by atomic mass is 16.3. The van der Waals surface area contributed by atoms with Crippen molar-refractivity contribution in [1.29, 1.82) is 0 Å². The molecule has 0 aliphatic carbocycles. The maximum absolute atomic E-state index is 9.71. The van der Waals surface area contributed by atoms with Crippen LogP contribution >= 0.6 is 0 Å². The minimum Gasteiger partial charge on any atom is -0.374 e. The molecule has 2 saturated heterocycles. The molecule has 2 heterocycles. The van der Waals surface area contributed by atoms with Gasteiger partial charge in [0.1, 0.15) is 6.23 Å². The van der Waals surface area contributed by atoms with E-state index in [1.165, 1.54) is 44.3 Å². The van der Waals surface area contributed by atoms with Gasteiger partial charge < -0.3 is 10.0 Å². The average molecular weight is 409 g/mol. The van der Waals surface area contributed by atoms with Crippen molar-refractivity contribution in [3.8, 4) is 0 Å². The first-order valence-corrected chi connectivity index (χ1v) is 12.3. The van der Waals surface area contributed by atoms with Crippen LogP contribution in [0.1, 0.15) is 104 Å². The van der Waals surface area contributed by atoms with Gasteiger partial charge in [-0.25, -0.2) is 0 Å². The first kappa shape index (κ1) is 30.3. The van der Waals surface area contributed by atoms with E-state index < -0.39 is 6.23 Å². The van der Waals surface area contributed by atoms with Gasteiger partial charge in [0, 0.05) is 6.04 Å². The van der Waals surface area contributed by atoms with Gasteiger partial charge in [0.05, 0.1) is 0 Å². The van der Waals surface area contributed by atoms with E-state index in [0.717, 1.165) is 29.6 Å². The fraction of sp³-hybridized carbons (Fsp3) is 0.769. The zero-order valence-electron chi connectivity index (χ0n) is 21.3. The van der Waals surface area contributed by atoms with Gasteiger partial charge in [0.15, 0.2) is 0 Å². The standard InChI is InChI=1S/C11H17NO.C9H17N.3C2H6/c1-4-12-11(13)10-7-5-6-8(2)9(10)3;1-8-9-4-2-6-10(8)7-3-5-9;3*1-2/h5-7,11-13H,4H2,1-3H3;8-9H,2-7H2,1H3;3*1-2H3. The van der Waals surface area contributed by atoms with Crippen LogP contribution in [-0.4, -0.2) is 35.7 Å². The van der Waals surface area contributed by atoms with E-state index in [-0.39, 0.29) is 0 Å². The molecule has 1 aromatic rings. The van der Waals surface area contributed by atoms with Crippen molar-refractivity contribution in [2.75, 3.05) is 19.6 Å². The Labute approximate surface area is 183 Å². The summed E-state index contributed by atoms with van der Waals surface area (Å²) in [5.41, 5.74) is 3.35. The van der Waals surface area contributed by atoms with Gasteiger partial charge in [-0.15, -0.1) is 0 Å². The minimum atomic E-state index is -0.537. The summed E-state index contributed by atoms with van der Waals surface area (Å²) in [7, 11) is 0. The third kappa shape index (κ3) is 10.6. The molecular weight excluding hydrogens is 356 g/mol. The predicted molar refractivity (Wildman–Crippen MR) is 132 cm³/mol. The van der Waals surface area contributed by atoms with E-state index >= 15 is 0 Å². The van der Waals surface area contributed by atoms with Crippen LogP contribution in [0.3, 0.4) is 0 Å². The Kier molecular flexibility index (Phi) is 19.9. The Morgan fingerprint density at radius 3 is 1.93 bits per heavy atom. The molecular formula is C26H52N2O. The molecule has 3 nitrogen and oxygen atoms in total. The lowest BCUT2D eigenvalue weighted by atomic mass is 9.83. The maximum Gasteiger partial charge on any atom is 0.131 e. The molecule has 172 valence electrons. The van der Waals surface area contributed by atoms with Crippen LogP contribution in [0, 0.1) is 19.8 Å².